The molecule has 2 heterocycles. The van der Waals surface area contributed by atoms with E-state index in [2.05, 4.69) is 15.7 Å². The molecule has 0 radical (unpaired) electrons. The number of sulfone groups is 1. The number of rotatable bonds is 8. The van der Waals surface area contributed by atoms with Crippen LogP contribution in [0.1, 0.15) is 52.6 Å². The minimum Gasteiger partial charge on any atom is -0.349 e. The van der Waals surface area contributed by atoms with Crippen molar-refractivity contribution in [2.45, 2.75) is 51.7 Å². The van der Waals surface area contributed by atoms with Crippen molar-refractivity contribution in [3.8, 4) is 0 Å². The fraction of sp³-hybridized carbons (Fsp3) is 0.522. The van der Waals surface area contributed by atoms with E-state index in [1.54, 1.807) is 24.3 Å². The van der Waals surface area contributed by atoms with E-state index in [1.807, 2.05) is 30.5 Å². The van der Waals surface area contributed by atoms with Gasteiger partial charge < -0.3 is 10.6 Å². The van der Waals surface area contributed by atoms with Crippen LogP contribution in [0.15, 0.2) is 24.3 Å². The van der Waals surface area contributed by atoms with Gasteiger partial charge in [0.05, 0.1) is 41.0 Å². The van der Waals surface area contributed by atoms with E-state index in [0.717, 1.165) is 29.8 Å². The minimum absolute atomic E-state index is 0.125. The van der Waals surface area contributed by atoms with E-state index in [1.165, 1.54) is 0 Å². The summed E-state index contributed by atoms with van der Waals surface area (Å²) in [5.41, 5.74) is 3.73. The standard InChI is InChI=1S/C23H31N5O4S/c1-15-20(16(2)28(26-15)18-10-11-33(31,32)14-18)12-27(3)13-22(29)25-21-7-5-4-6-19(21)23(30)24-17-8-9-17/h4-7,17-18H,8-14H2,1-3H3,(H,24,30)(H,25,29). The molecule has 1 saturated heterocycles. The summed E-state index contributed by atoms with van der Waals surface area (Å²) in [6.45, 7) is 4.50. The summed E-state index contributed by atoms with van der Waals surface area (Å²) in [5, 5.41) is 10.4. The van der Waals surface area contributed by atoms with Gasteiger partial charge in [-0.2, -0.15) is 5.10 Å². The fourth-order valence-electron chi connectivity index (χ4n) is 4.29. The van der Waals surface area contributed by atoms with Crippen molar-refractivity contribution in [2.24, 2.45) is 0 Å². The number of aryl methyl sites for hydroxylation is 1. The smallest absolute Gasteiger partial charge is 0.253 e. The van der Waals surface area contributed by atoms with Crippen LogP contribution in [0.4, 0.5) is 5.69 Å². The highest BCUT2D eigenvalue weighted by molar-refractivity contribution is 7.91. The second kappa shape index (κ2) is 9.26. The number of nitrogens with zero attached hydrogens (tertiary/aromatic N) is 3. The van der Waals surface area contributed by atoms with Gasteiger partial charge in [-0.25, -0.2) is 8.42 Å². The van der Waals surface area contributed by atoms with Crippen LogP contribution in [0.2, 0.25) is 0 Å². The lowest BCUT2D eigenvalue weighted by Crippen LogP contribution is -2.31. The number of nitrogens with one attached hydrogen (secondary N) is 2. The molecule has 2 fully saturated rings. The maximum absolute atomic E-state index is 12.7. The average molecular weight is 474 g/mol. The van der Waals surface area contributed by atoms with Gasteiger partial charge in [-0.1, -0.05) is 12.1 Å². The molecule has 2 aliphatic rings. The number of likely N-dealkylation sites (N-methyl/N-ethyl adjacent to an activating group) is 1. The molecule has 1 unspecified atom stereocenters. The summed E-state index contributed by atoms with van der Waals surface area (Å²) < 4.78 is 25.6. The normalized spacial score (nSPS) is 19.6. The van der Waals surface area contributed by atoms with Crippen LogP contribution in [-0.2, 0) is 21.2 Å². The van der Waals surface area contributed by atoms with Crippen LogP contribution >= 0.6 is 0 Å². The fourth-order valence-corrected chi connectivity index (χ4v) is 5.98. The molecule has 1 saturated carbocycles. The summed E-state index contributed by atoms with van der Waals surface area (Å²) in [5.74, 6) is -0.0607. The third-order valence-electron chi connectivity index (χ3n) is 6.23. The second-order valence-electron chi connectivity index (χ2n) is 9.16. The Balaban J connectivity index is 1.38. The van der Waals surface area contributed by atoms with Crippen molar-refractivity contribution in [1.29, 1.82) is 0 Å². The molecule has 33 heavy (non-hydrogen) atoms. The molecular weight excluding hydrogens is 442 g/mol. The topological polar surface area (TPSA) is 113 Å². The average Bonchev–Trinajstić information content (AvgIpc) is 3.43. The summed E-state index contributed by atoms with van der Waals surface area (Å²) in [4.78, 5) is 27.1. The van der Waals surface area contributed by atoms with Crippen molar-refractivity contribution in [2.75, 3.05) is 30.4 Å². The molecule has 0 bridgehead atoms. The SMILES string of the molecule is Cc1nn(C2CCS(=O)(=O)C2)c(C)c1CN(C)CC(=O)Nc1ccccc1C(=O)NC1CC1. The van der Waals surface area contributed by atoms with Crippen molar-refractivity contribution in [1.82, 2.24) is 20.0 Å². The highest BCUT2D eigenvalue weighted by Gasteiger charge is 2.31. The zero-order chi connectivity index (χ0) is 23.8. The molecule has 2 aromatic rings. The van der Waals surface area contributed by atoms with E-state index in [-0.39, 0.29) is 41.9 Å². The Labute approximate surface area is 194 Å². The van der Waals surface area contributed by atoms with E-state index in [9.17, 15) is 18.0 Å². The zero-order valence-corrected chi connectivity index (χ0v) is 20.1. The number of hydrogen-bond donors (Lipinski definition) is 2. The quantitative estimate of drug-likeness (QED) is 0.605. The molecule has 9 nitrogen and oxygen atoms in total. The minimum atomic E-state index is -3.00. The van der Waals surface area contributed by atoms with Gasteiger partial charge in [0.25, 0.3) is 5.91 Å². The Morgan fingerprint density at radius 2 is 1.91 bits per heavy atom. The zero-order valence-electron chi connectivity index (χ0n) is 19.3. The number of hydrogen-bond acceptors (Lipinski definition) is 6. The maximum Gasteiger partial charge on any atom is 0.253 e. The highest BCUT2D eigenvalue weighted by Crippen LogP contribution is 2.27. The van der Waals surface area contributed by atoms with Gasteiger partial charge in [-0.15, -0.1) is 0 Å². The summed E-state index contributed by atoms with van der Waals surface area (Å²) in [6.07, 6.45) is 2.57. The molecule has 10 heteroatoms. The molecule has 1 aromatic heterocycles. The molecule has 1 aromatic carbocycles. The first-order valence-electron chi connectivity index (χ1n) is 11.3. The number of benzene rings is 1. The lowest BCUT2D eigenvalue weighted by molar-refractivity contribution is -0.117. The number of para-hydroxylation sites is 1. The van der Waals surface area contributed by atoms with Crippen LogP contribution in [-0.4, -0.2) is 66.1 Å². The molecule has 2 N–H and O–H groups in total. The Kier molecular flexibility index (Phi) is 6.58. The van der Waals surface area contributed by atoms with Gasteiger partial charge in [-0.3, -0.25) is 19.2 Å². The van der Waals surface area contributed by atoms with Gasteiger partial charge in [0, 0.05) is 23.8 Å². The monoisotopic (exact) mass is 473 g/mol. The van der Waals surface area contributed by atoms with Crippen molar-refractivity contribution in [3.63, 3.8) is 0 Å². The molecule has 178 valence electrons. The van der Waals surface area contributed by atoms with Crippen molar-refractivity contribution in [3.05, 3.63) is 46.8 Å². The van der Waals surface area contributed by atoms with Crippen LogP contribution in [0.5, 0.6) is 0 Å². The first kappa shape index (κ1) is 23.4. The number of amides is 2. The van der Waals surface area contributed by atoms with E-state index < -0.39 is 9.84 Å². The third-order valence-corrected chi connectivity index (χ3v) is 7.98. The lowest BCUT2D eigenvalue weighted by Gasteiger charge is -2.18. The lowest BCUT2D eigenvalue weighted by atomic mass is 10.1. The molecule has 1 aliphatic heterocycles. The number of carbonyl (C=O) groups is 2. The van der Waals surface area contributed by atoms with Gasteiger partial charge in [0.15, 0.2) is 9.84 Å². The van der Waals surface area contributed by atoms with Gasteiger partial charge in [-0.05, 0) is 52.3 Å². The van der Waals surface area contributed by atoms with Crippen LogP contribution in [0, 0.1) is 13.8 Å². The van der Waals surface area contributed by atoms with Crippen molar-refractivity contribution >= 4 is 27.3 Å². The Morgan fingerprint density at radius 3 is 2.58 bits per heavy atom. The summed E-state index contributed by atoms with van der Waals surface area (Å²) in [7, 11) is -1.15. The summed E-state index contributed by atoms with van der Waals surface area (Å²) in [6, 6.07) is 7.12. The van der Waals surface area contributed by atoms with E-state index >= 15 is 0 Å². The number of anilines is 1. The first-order chi connectivity index (χ1) is 15.6. The first-order valence-corrected chi connectivity index (χ1v) is 13.1. The van der Waals surface area contributed by atoms with Gasteiger partial charge in [0.1, 0.15) is 0 Å². The largest absolute Gasteiger partial charge is 0.349 e. The number of aromatic nitrogens is 2. The summed E-state index contributed by atoms with van der Waals surface area (Å²) >= 11 is 0. The molecule has 1 aliphatic carbocycles. The van der Waals surface area contributed by atoms with E-state index in [4.69, 9.17) is 0 Å². The number of carbonyl (C=O) groups excluding carboxylic acids is 2. The van der Waals surface area contributed by atoms with Crippen LogP contribution in [0.25, 0.3) is 0 Å². The second-order valence-corrected chi connectivity index (χ2v) is 11.4. The Bertz CT molecular complexity index is 1170. The van der Waals surface area contributed by atoms with Gasteiger partial charge in [0.2, 0.25) is 5.91 Å². The predicted molar refractivity (Wildman–Crippen MR) is 126 cm³/mol. The highest BCUT2D eigenvalue weighted by atomic mass is 32.2. The van der Waals surface area contributed by atoms with Gasteiger partial charge >= 0.3 is 0 Å². The molecular formula is C23H31N5O4S. The van der Waals surface area contributed by atoms with E-state index in [0.29, 0.717) is 24.2 Å². The molecule has 2 amide bonds. The third kappa shape index (κ3) is 5.62. The Hall–Kier alpha value is -2.72. The van der Waals surface area contributed by atoms with Crippen LogP contribution in [0.3, 0.4) is 0 Å². The molecule has 0 spiro atoms. The van der Waals surface area contributed by atoms with Crippen molar-refractivity contribution < 1.29 is 18.0 Å². The predicted octanol–water partition coefficient (Wildman–Crippen LogP) is 1.82. The molecule has 1 atom stereocenters. The Morgan fingerprint density at radius 1 is 1.18 bits per heavy atom. The maximum atomic E-state index is 12.7. The van der Waals surface area contributed by atoms with Crippen LogP contribution < -0.4 is 10.6 Å². The molecule has 4 rings (SSSR count).